The zero-order chi connectivity index (χ0) is 23.5. The van der Waals surface area contributed by atoms with Gasteiger partial charge in [-0.25, -0.2) is 8.42 Å². The second kappa shape index (κ2) is 9.86. The minimum atomic E-state index is -3.48. The van der Waals surface area contributed by atoms with Crippen LogP contribution in [-0.4, -0.2) is 67.7 Å². The largest absolute Gasteiger partial charge is 0.336 e. The number of rotatable bonds is 5. The molecular formula is C27H31N3O3S. The Morgan fingerprint density at radius 1 is 0.735 bits per heavy atom. The van der Waals surface area contributed by atoms with E-state index in [9.17, 15) is 13.2 Å². The van der Waals surface area contributed by atoms with Crippen molar-refractivity contribution in [3.05, 3.63) is 77.9 Å². The molecule has 0 aromatic heterocycles. The van der Waals surface area contributed by atoms with Crippen molar-refractivity contribution < 1.29 is 13.2 Å². The molecule has 0 saturated carbocycles. The van der Waals surface area contributed by atoms with Crippen LogP contribution in [0, 0.1) is 0 Å². The average molecular weight is 478 g/mol. The van der Waals surface area contributed by atoms with Crippen molar-refractivity contribution in [1.29, 1.82) is 0 Å². The zero-order valence-corrected chi connectivity index (χ0v) is 20.2. The lowest BCUT2D eigenvalue weighted by atomic mass is 10.0. The van der Waals surface area contributed by atoms with Crippen molar-refractivity contribution in [2.24, 2.45) is 0 Å². The number of carbonyl (C=O) groups is 1. The second-order valence-corrected chi connectivity index (χ2v) is 11.1. The normalized spacial score (nSPS) is 18.3. The summed E-state index contributed by atoms with van der Waals surface area (Å²) in [7, 11) is -3.48. The van der Waals surface area contributed by atoms with Gasteiger partial charge in [0.15, 0.2) is 0 Å². The summed E-state index contributed by atoms with van der Waals surface area (Å²) in [4.78, 5) is 17.6. The molecule has 0 bridgehead atoms. The lowest BCUT2D eigenvalue weighted by molar-refractivity contribution is 0.0629. The molecule has 3 aromatic rings. The quantitative estimate of drug-likeness (QED) is 0.558. The van der Waals surface area contributed by atoms with Crippen LogP contribution in [0.1, 0.15) is 35.2 Å². The first-order valence-corrected chi connectivity index (χ1v) is 13.5. The minimum Gasteiger partial charge on any atom is -0.336 e. The number of sulfonamides is 1. The lowest BCUT2D eigenvalue weighted by Gasteiger charge is -2.35. The minimum absolute atomic E-state index is 0.0354. The van der Waals surface area contributed by atoms with Crippen LogP contribution in [0.3, 0.4) is 0 Å². The van der Waals surface area contributed by atoms with Crippen LogP contribution >= 0.6 is 0 Å². The van der Waals surface area contributed by atoms with Crippen molar-refractivity contribution in [2.75, 3.05) is 39.3 Å². The Kier molecular flexibility index (Phi) is 6.68. The van der Waals surface area contributed by atoms with Gasteiger partial charge >= 0.3 is 0 Å². The van der Waals surface area contributed by atoms with Crippen molar-refractivity contribution >= 4 is 26.7 Å². The molecule has 0 atom stereocenters. The molecule has 7 heteroatoms. The Morgan fingerprint density at radius 3 is 2.15 bits per heavy atom. The summed E-state index contributed by atoms with van der Waals surface area (Å²) in [6.07, 6.45) is 2.89. The van der Waals surface area contributed by atoms with Gasteiger partial charge in [-0.1, -0.05) is 48.9 Å². The number of benzene rings is 3. The number of piperazine rings is 1. The molecule has 2 aliphatic rings. The number of hydrogen-bond acceptors (Lipinski definition) is 4. The molecule has 34 heavy (non-hydrogen) atoms. The van der Waals surface area contributed by atoms with Gasteiger partial charge < -0.3 is 4.90 Å². The van der Waals surface area contributed by atoms with E-state index in [2.05, 4.69) is 47.4 Å². The van der Waals surface area contributed by atoms with Gasteiger partial charge in [-0.2, -0.15) is 4.31 Å². The maximum absolute atomic E-state index is 13.0. The Morgan fingerprint density at radius 2 is 1.41 bits per heavy atom. The molecule has 0 spiro atoms. The molecule has 6 nitrogen and oxygen atoms in total. The highest BCUT2D eigenvalue weighted by Crippen LogP contribution is 2.23. The summed E-state index contributed by atoms with van der Waals surface area (Å²) in [5, 5.41) is 2.53. The smallest absolute Gasteiger partial charge is 0.253 e. The molecule has 2 heterocycles. The van der Waals surface area contributed by atoms with Gasteiger partial charge in [0, 0.05) is 51.4 Å². The summed E-state index contributed by atoms with van der Waals surface area (Å²) in [6.45, 7) is 4.98. The van der Waals surface area contributed by atoms with Crippen molar-refractivity contribution in [3.63, 3.8) is 0 Å². The molecule has 0 aliphatic carbocycles. The highest BCUT2D eigenvalue weighted by molar-refractivity contribution is 7.89. The van der Waals surface area contributed by atoms with Crippen LogP contribution in [0.4, 0.5) is 0 Å². The van der Waals surface area contributed by atoms with Gasteiger partial charge in [0.1, 0.15) is 0 Å². The van der Waals surface area contributed by atoms with Gasteiger partial charge in [-0.05, 0) is 53.4 Å². The number of carbonyl (C=O) groups excluding carboxylic acids is 1. The number of fused-ring (bicyclic) bond motifs is 1. The van der Waals surface area contributed by atoms with Crippen molar-refractivity contribution in [1.82, 2.24) is 14.1 Å². The molecule has 2 saturated heterocycles. The summed E-state index contributed by atoms with van der Waals surface area (Å²) >= 11 is 0. The topological polar surface area (TPSA) is 60.9 Å². The Labute approximate surface area is 201 Å². The molecule has 3 aromatic carbocycles. The lowest BCUT2D eigenvalue weighted by Crippen LogP contribution is -2.48. The Hall–Kier alpha value is -2.74. The average Bonchev–Trinajstić information content (AvgIpc) is 2.89. The molecule has 178 valence electrons. The summed E-state index contributed by atoms with van der Waals surface area (Å²) in [5.41, 5.74) is 1.85. The molecule has 2 aliphatic heterocycles. The number of hydrogen-bond donors (Lipinski definition) is 0. The SMILES string of the molecule is O=C(c1ccc(S(=O)(=O)N2CCCCC2)cc1)N1CCN(Cc2cccc3ccccc23)CC1. The predicted molar refractivity (Wildman–Crippen MR) is 134 cm³/mol. The van der Waals surface area contributed by atoms with Crippen LogP contribution < -0.4 is 0 Å². The Balaban J connectivity index is 1.20. The monoisotopic (exact) mass is 477 g/mol. The van der Waals surface area contributed by atoms with E-state index in [1.165, 1.54) is 16.3 Å². The maximum Gasteiger partial charge on any atom is 0.253 e. The Bertz CT molecular complexity index is 1250. The maximum atomic E-state index is 13.0. The van der Waals surface area contributed by atoms with Gasteiger partial charge in [-0.3, -0.25) is 9.69 Å². The van der Waals surface area contributed by atoms with Crippen molar-refractivity contribution in [3.8, 4) is 0 Å². The number of nitrogens with zero attached hydrogens (tertiary/aromatic N) is 3. The van der Waals surface area contributed by atoms with E-state index in [1.807, 2.05) is 4.90 Å². The summed E-state index contributed by atoms with van der Waals surface area (Å²) < 4.78 is 27.3. The van der Waals surface area contributed by atoms with E-state index in [4.69, 9.17) is 0 Å². The standard InChI is InChI=1S/C27H31N3O3S/c31-27(23-11-13-25(14-12-23)34(32,33)30-15-4-1-5-16-30)29-19-17-28(18-20-29)21-24-9-6-8-22-7-2-3-10-26(22)24/h2-3,6-14H,1,4-5,15-21H2. The van der Waals surface area contributed by atoms with E-state index in [-0.39, 0.29) is 10.8 Å². The van der Waals surface area contributed by atoms with Gasteiger partial charge in [0.05, 0.1) is 4.90 Å². The summed E-state index contributed by atoms with van der Waals surface area (Å²) in [5.74, 6) is -0.0354. The molecular weight excluding hydrogens is 446 g/mol. The van der Waals surface area contributed by atoms with E-state index in [0.29, 0.717) is 31.7 Å². The third-order valence-corrected chi connectivity index (χ3v) is 8.90. The molecule has 2 fully saturated rings. The number of amides is 1. The van der Waals surface area contributed by atoms with Gasteiger partial charge in [0.25, 0.3) is 5.91 Å². The van der Waals surface area contributed by atoms with E-state index >= 15 is 0 Å². The molecule has 1 amide bonds. The first-order valence-electron chi connectivity index (χ1n) is 12.1. The second-order valence-electron chi connectivity index (χ2n) is 9.20. The first-order chi connectivity index (χ1) is 16.5. The zero-order valence-electron chi connectivity index (χ0n) is 19.4. The molecule has 0 N–H and O–H groups in total. The van der Waals surface area contributed by atoms with Gasteiger partial charge in [-0.15, -0.1) is 0 Å². The van der Waals surface area contributed by atoms with Gasteiger partial charge in [0.2, 0.25) is 10.0 Å². The predicted octanol–water partition coefficient (Wildman–Crippen LogP) is 3.97. The van der Waals surface area contributed by atoms with Crippen LogP contribution in [0.5, 0.6) is 0 Å². The molecule has 5 rings (SSSR count). The van der Waals surface area contributed by atoms with Crippen molar-refractivity contribution in [2.45, 2.75) is 30.7 Å². The van der Waals surface area contributed by atoms with Crippen LogP contribution in [0.25, 0.3) is 10.8 Å². The van der Waals surface area contributed by atoms with Crippen LogP contribution in [0.15, 0.2) is 71.6 Å². The molecule has 0 radical (unpaired) electrons. The summed E-state index contributed by atoms with van der Waals surface area (Å²) in [6, 6.07) is 21.3. The van der Waals surface area contributed by atoms with E-state index in [0.717, 1.165) is 38.9 Å². The van der Waals surface area contributed by atoms with E-state index < -0.39 is 10.0 Å². The fraction of sp³-hybridized carbons (Fsp3) is 0.370. The third kappa shape index (κ3) is 4.73. The van der Waals surface area contributed by atoms with Crippen LogP contribution in [0.2, 0.25) is 0 Å². The highest BCUT2D eigenvalue weighted by Gasteiger charge is 2.27. The molecule has 0 unspecified atom stereocenters. The number of piperidine rings is 1. The van der Waals surface area contributed by atoms with Crippen LogP contribution in [-0.2, 0) is 16.6 Å². The highest BCUT2D eigenvalue weighted by atomic mass is 32.2. The first kappa shape index (κ1) is 23.0. The third-order valence-electron chi connectivity index (χ3n) is 6.99. The van der Waals surface area contributed by atoms with E-state index in [1.54, 1.807) is 28.6 Å². The fourth-order valence-corrected chi connectivity index (χ4v) is 6.50. The fourth-order valence-electron chi connectivity index (χ4n) is 4.99.